The Bertz CT molecular complexity index is 771. The maximum absolute atomic E-state index is 5.98. The van der Waals surface area contributed by atoms with E-state index in [1.54, 1.807) is 0 Å². The fourth-order valence-electron chi connectivity index (χ4n) is 3.21. The summed E-state index contributed by atoms with van der Waals surface area (Å²) in [4.78, 5) is 6.66. The second-order valence-electron chi connectivity index (χ2n) is 6.91. The van der Waals surface area contributed by atoms with Gasteiger partial charge in [0.15, 0.2) is 5.96 Å². The van der Waals surface area contributed by atoms with Crippen LogP contribution in [0, 0.1) is 0 Å². The number of nitrogens with zero attached hydrogens (tertiary/aromatic N) is 2. The molecule has 2 aromatic rings. The van der Waals surface area contributed by atoms with E-state index in [0.717, 1.165) is 37.3 Å². The smallest absolute Gasteiger partial charge is 0.192 e. The number of hydrogen-bond donors (Lipinski definition) is 1. The number of ether oxygens (including phenoxy) is 1. The number of likely N-dealkylation sites (N-methyl/N-ethyl adjacent to an activating group) is 1. The van der Waals surface area contributed by atoms with Crippen LogP contribution in [0.1, 0.15) is 32.3 Å². The van der Waals surface area contributed by atoms with Gasteiger partial charge in [-0.3, -0.25) is 0 Å². The quantitative estimate of drug-likeness (QED) is 0.810. The van der Waals surface area contributed by atoms with Crippen LogP contribution in [0.25, 0.3) is 11.1 Å². The molecule has 0 aromatic heterocycles. The predicted octanol–water partition coefficient (Wildman–Crippen LogP) is 4.01. The number of rotatable bonds is 6. The lowest BCUT2D eigenvalue weighted by Gasteiger charge is -2.23. The Balaban J connectivity index is 1.86. The summed E-state index contributed by atoms with van der Waals surface area (Å²) < 4.78 is 5.84. The van der Waals surface area contributed by atoms with Crippen LogP contribution in [0.3, 0.4) is 0 Å². The van der Waals surface area contributed by atoms with Gasteiger partial charge in [-0.1, -0.05) is 43.7 Å². The molecule has 1 aliphatic rings. The molecule has 1 aliphatic heterocycles. The maximum atomic E-state index is 5.98. The number of benzene rings is 2. The Kier molecular flexibility index (Phi) is 4.98. The first-order chi connectivity index (χ1) is 12.0. The second-order valence-corrected chi connectivity index (χ2v) is 6.91. The van der Waals surface area contributed by atoms with Crippen molar-refractivity contribution in [3.8, 4) is 16.9 Å². The zero-order chi connectivity index (χ0) is 17.9. The molecule has 1 atom stereocenters. The highest BCUT2D eigenvalue weighted by Crippen LogP contribution is 2.33. The van der Waals surface area contributed by atoms with Crippen LogP contribution < -0.4 is 10.5 Å². The number of nitrogens with two attached hydrogens (primary N) is 1. The van der Waals surface area contributed by atoms with Crippen molar-refractivity contribution in [2.45, 2.75) is 32.2 Å². The van der Waals surface area contributed by atoms with Gasteiger partial charge >= 0.3 is 0 Å². The van der Waals surface area contributed by atoms with E-state index in [0.29, 0.717) is 5.96 Å². The summed E-state index contributed by atoms with van der Waals surface area (Å²) in [5.74, 6) is 1.52. The molecule has 4 nitrogen and oxygen atoms in total. The van der Waals surface area contributed by atoms with Crippen molar-refractivity contribution in [2.24, 2.45) is 10.7 Å². The minimum atomic E-state index is -0.302. The Labute approximate surface area is 150 Å². The number of unbranched alkanes of at least 4 members (excludes halogenated alkanes) is 1. The van der Waals surface area contributed by atoms with Crippen LogP contribution in [-0.4, -0.2) is 31.1 Å². The van der Waals surface area contributed by atoms with Gasteiger partial charge in [-0.05, 0) is 48.2 Å². The van der Waals surface area contributed by atoms with Crippen molar-refractivity contribution in [3.05, 3.63) is 54.1 Å². The summed E-state index contributed by atoms with van der Waals surface area (Å²) in [7, 11) is 1.98. The van der Waals surface area contributed by atoms with Gasteiger partial charge in [-0.2, -0.15) is 0 Å². The minimum Gasteiger partial charge on any atom is -0.494 e. The second kappa shape index (κ2) is 7.18. The molecule has 1 unspecified atom stereocenters. The first-order valence-electron chi connectivity index (χ1n) is 8.92. The van der Waals surface area contributed by atoms with Crippen molar-refractivity contribution in [1.82, 2.24) is 4.90 Å². The van der Waals surface area contributed by atoms with Crippen molar-refractivity contribution >= 4 is 5.96 Å². The highest BCUT2D eigenvalue weighted by Gasteiger charge is 2.34. The molecule has 0 spiro atoms. The summed E-state index contributed by atoms with van der Waals surface area (Å²) >= 11 is 0. The van der Waals surface area contributed by atoms with Gasteiger partial charge in [0, 0.05) is 13.6 Å². The first-order valence-corrected chi connectivity index (χ1v) is 8.92. The highest BCUT2D eigenvalue weighted by atomic mass is 16.5. The van der Waals surface area contributed by atoms with E-state index >= 15 is 0 Å². The lowest BCUT2D eigenvalue weighted by molar-refractivity contribution is 0.309. The molecule has 0 aliphatic carbocycles. The summed E-state index contributed by atoms with van der Waals surface area (Å²) in [6.45, 7) is 5.86. The van der Waals surface area contributed by atoms with Gasteiger partial charge in [0.25, 0.3) is 0 Å². The summed E-state index contributed by atoms with van der Waals surface area (Å²) in [5.41, 5.74) is 9.18. The van der Waals surface area contributed by atoms with Crippen LogP contribution in [0.5, 0.6) is 5.75 Å². The van der Waals surface area contributed by atoms with Crippen molar-refractivity contribution in [1.29, 1.82) is 0 Å². The van der Waals surface area contributed by atoms with Crippen LogP contribution >= 0.6 is 0 Å². The Morgan fingerprint density at radius 3 is 2.56 bits per heavy atom. The van der Waals surface area contributed by atoms with E-state index < -0.39 is 0 Å². The monoisotopic (exact) mass is 337 g/mol. The lowest BCUT2D eigenvalue weighted by atomic mass is 9.90. The number of guanidine groups is 1. The molecule has 0 saturated heterocycles. The van der Waals surface area contributed by atoms with Crippen LogP contribution in [0.4, 0.5) is 0 Å². The molecule has 25 heavy (non-hydrogen) atoms. The molecule has 0 radical (unpaired) electrons. The predicted molar refractivity (Wildman–Crippen MR) is 104 cm³/mol. The summed E-state index contributed by atoms with van der Waals surface area (Å²) in [6, 6.07) is 16.8. The zero-order valence-corrected chi connectivity index (χ0v) is 15.3. The Morgan fingerprint density at radius 2 is 1.88 bits per heavy atom. The molecule has 132 valence electrons. The van der Waals surface area contributed by atoms with E-state index in [4.69, 9.17) is 10.5 Å². The average molecular weight is 337 g/mol. The first kappa shape index (κ1) is 17.3. The zero-order valence-electron chi connectivity index (χ0n) is 15.3. The van der Waals surface area contributed by atoms with E-state index in [2.05, 4.69) is 55.2 Å². The molecule has 0 amide bonds. The largest absolute Gasteiger partial charge is 0.494 e. The third-order valence-corrected chi connectivity index (χ3v) is 4.72. The molecular weight excluding hydrogens is 310 g/mol. The molecule has 0 saturated carbocycles. The molecule has 2 aromatic carbocycles. The maximum Gasteiger partial charge on any atom is 0.192 e. The van der Waals surface area contributed by atoms with E-state index in [9.17, 15) is 0 Å². The standard InChI is InChI=1S/C21H27N3O/c1-4-5-12-25-19-11-7-9-17(14-19)16-8-6-10-18(13-16)21(2)15-24(3)20(22)23-21/h6-11,13-14H,4-5,12,15H2,1-3H3,(H2,22,23). The highest BCUT2D eigenvalue weighted by molar-refractivity contribution is 5.80. The molecular formula is C21H27N3O. The van der Waals surface area contributed by atoms with Crippen molar-refractivity contribution in [2.75, 3.05) is 20.2 Å². The van der Waals surface area contributed by atoms with Crippen molar-refractivity contribution < 1.29 is 4.74 Å². The van der Waals surface area contributed by atoms with Crippen LogP contribution in [-0.2, 0) is 5.54 Å². The molecule has 1 heterocycles. The molecule has 0 fully saturated rings. The average Bonchev–Trinajstić information content (AvgIpc) is 2.89. The van der Waals surface area contributed by atoms with Crippen molar-refractivity contribution in [3.63, 3.8) is 0 Å². The molecule has 4 heteroatoms. The van der Waals surface area contributed by atoms with Gasteiger partial charge in [0.1, 0.15) is 11.3 Å². The summed E-state index contributed by atoms with van der Waals surface area (Å²) in [5, 5.41) is 0. The Morgan fingerprint density at radius 1 is 1.16 bits per heavy atom. The van der Waals surface area contributed by atoms with Crippen LogP contribution in [0.2, 0.25) is 0 Å². The van der Waals surface area contributed by atoms with Crippen LogP contribution in [0.15, 0.2) is 53.5 Å². The van der Waals surface area contributed by atoms with Gasteiger partial charge in [0.2, 0.25) is 0 Å². The SMILES string of the molecule is CCCCOc1cccc(-c2cccc(C3(C)CN(C)C(N)=N3)c2)c1. The fourth-order valence-corrected chi connectivity index (χ4v) is 3.21. The summed E-state index contributed by atoms with van der Waals surface area (Å²) in [6.07, 6.45) is 2.21. The minimum absolute atomic E-state index is 0.302. The van der Waals surface area contributed by atoms with E-state index in [-0.39, 0.29) is 5.54 Å². The third-order valence-electron chi connectivity index (χ3n) is 4.72. The van der Waals surface area contributed by atoms with Gasteiger partial charge < -0.3 is 15.4 Å². The molecule has 0 bridgehead atoms. The third kappa shape index (κ3) is 3.78. The van der Waals surface area contributed by atoms with Gasteiger partial charge in [-0.15, -0.1) is 0 Å². The Hall–Kier alpha value is -2.49. The number of aliphatic imine (C=N–C) groups is 1. The topological polar surface area (TPSA) is 50.9 Å². The van der Waals surface area contributed by atoms with Gasteiger partial charge in [-0.25, -0.2) is 4.99 Å². The fraction of sp³-hybridized carbons (Fsp3) is 0.381. The van der Waals surface area contributed by atoms with E-state index in [1.807, 2.05) is 24.1 Å². The molecule has 3 rings (SSSR count). The molecule has 2 N–H and O–H groups in total. The normalized spacial score (nSPS) is 19.8. The van der Waals surface area contributed by atoms with E-state index in [1.165, 1.54) is 11.1 Å². The number of hydrogen-bond acceptors (Lipinski definition) is 4. The lowest BCUT2D eigenvalue weighted by Crippen LogP contribution is -2.32. The van der Waals surface area contributed by atoms with Gasteiger partial charge in [0.05, 0.1) is 6.61 Å².